The zero-order valence-electron chi connectivity index (χ0n) is 16.7. The van der Waals surface area contributed by atoms with Gasteiger partial charge in [0.1, 0.15) is 11.4 Å². The van der Waals surface area contributed by atoms with Crippen LogP contribution in [0.3, 0.4) is 0 Å². The van der Waals surface area contributed by atoms with Gasteiger partial charge in [-0.1, -0.05) is 18.2 Å². The van der Waals surface area contributed by atoms with Crippen LogP contribution in [-0.2, 0) is 6.42 Å². The molecule has 2 atom stereocenters. The highest BCUT2D eigenvalue weighted by Crippen LogP contribution is 2.48. The second-order valence-electron chi connectivity index (χ2n) is 8.37. The van der Waals surface area contributed by atoms with Crippen LogP contribution >= 0.6 is 0 Å². The van der Waals surface area contributed by atoms with E-state index in [1.54, 1.807) is 7.11 Å². The Kier molecular flexibility index (Phi) is 4.42. The van der Waals surface area contributed by atoms with Gasteiger partial charge in [0.25, 0.3) is 0 Å². The van der Waals surface area contributed by atoms with Gasteiger partial charge < -0.3 is 10.5 Å². The van der Waals surface area contributed by atoms with E-state index in [0.717, 1.165) is 34.5 Å². The molecule has 144 valence electrons. The third-order valence-electron chi connectivity index (χ3n) is 6.31. The van der Waals surface area contributed by atoms with Gasteiger partial charge in [0.2, 0.25) is 0 Å². The average Bonchev–Trinajstić information content (AvgIpc) is 3.37. The molecule has 27 heavy (non-hydrogen) atoms. The molecular weight excluding hydrogens is 339 g/mol. The Labute approximate surface area is 161 Å². The van der Waals surface area contributed by atoms with Gasteiger partial charge in [0.15, 0.2) is 0 Å². The van der Waals surface area contributed by atoms with Crippen LogP contribution in [0.5, 0.6) is 5.75 Å². The maximum absolute atomic E-state index is 14.8. The zero-order chi connectivity index (χ0) is 19.3. The molecule has 4 rings (SSSR count). The first-order valence-electron chi connectivity index (χ1n) is 9.80. The minimum absolute atomic E-state index is 0.0215. The third-order valence-corrected chi connectivity index (χ3v) is 6.31. The van der Waals surface area contributed by atoms with E-state index in [2.05, 4.69) is 49.9 Å². The van der Waals surface area contributed by atoms with E-state index < -0.39 is 5.67 Å². The van der Waals surface area contributed by atoms with Crippen molar-refractivity contribution in [1.82, 2.24) is 4.90 Å². The molecule has 1 aliphatic heterocycles. The Morgan fingerprint density at radius 1 is 1.19 bits per heavy atom. The zero-order valence-corrected chi connectivity index (χ0v) is 16.7. The first-order valence-corrected chi connectivity index (χ1v) is 9.80. The fraction of sp³-hybridized carbons (Fsp3) is 0.478. The lowest BCUT2D eigenvalue weighted by Gasteiger charge is -2.44. The fourth-order valence-electron chi connectivity index (χ4n) is 4.43. The molecule has 0 amide bonds. The Hall–Kier alpha value is -2.07. The number of rotatable bonds is 4. The van der Waals surface area contributed by atoms with E-state index in [9.17, 15) is 4.39 Å². The molecule has 2 aromatic rings. The number of alkyl halides is 1. The van der Waals surface area contributed by atoms with Gasteiger partial charge in [-0.15, -0.1) is 0 Å². The number of ether oxygens (including phenoxy) is 1. The van der Waals surface area contributed by atoms with Crippen LogP contribution in [0.4, 0.5) is 10.1 Å². The highest BCUT2D eigenvalue weighted by Gasteiger charge is 2.48. The summed E-state index contributed by atoms with van der Waals surface area (Å²) in [4.78, 5) is 2.33. The number of aryl methyl sites for hydroxylation is 1. The van der Waals surface area contributed by atoms with E-state index in [0.29, 0.717) is 19.4 Å². The van der Waals surface area contributed by atoms with Crippen molar-refractivity contribution >= 4 is 5.69 Å². The minimum atomic E-state index is -1.04. The molecule has 0 radical (unpaired) electrons. The van der Waals surface area contributed by atoms with Gasteiger partial charge in [-0.05, 0) is 74.4 Å². The highest BCUT2D eigenvalue weighted by atomic mass is 19.1. The first kappa shape index (κ1) is 18.3. The SMILES string of the molecule is COc1cc(C)ccc1[C@@H]1c2ccc(N)c(C)c2C[C@@H](C)N1CC1(F)CC1. The number of halogens is 1. The molecule has 1 saturated carbocycles. The molecule has 0 spiro atoms. The van der Waals surface area contributed by atoms with Crippen molar-refractivity contribution in [1.29, 1.82) is 0 Å². The average molecular weight is 368 g/mol. The normalized spacial score (nSPS) is 23.7. The summed E-state index contributed by atoms with van der Waals surface area (Å²) in [6, 6.07) is 10.6. The lowest BCUT2D eigenvalue weighted by atomic mass is 9.82. The topological polar surface area (TPSA) is 38.5 Å². The number of hydrogen-bond donors (Lipinski definition) is 1. The predicted molar refractivity (Wildman–Crippen MR) is 108 cm³/mol. The standard InChI is InChI=1S/C23H29FN2O/c1-14-5-6-18(21(11-14)27-4)22-17-7-8-20(25)16(3)19(17)12-15(2)26(22)13-23(24)9-10-23/h5-8,11,15,22H,9-10,12-13,25H2,1-4H3/t15-,22+/m1/s1. The number of anilines is 1. The Balaban J connectivity index is 1.89. The van der Waals surface area contributed by atoms with Crippen molar-refractivity contribution in [2.75, 3.05) is 19.4 Å². The summed E-state index contributed by atoms with van der Waals surface area (Å²) in [5.41, 5.74) is 11.9. The quantitative estimate of drug-likeness (QED) is 0.793. The largest absolute Gasteiger partial charge is 0.496 e. The molecule has 2 N–H and O–H groups in total. The van der Waals surface area contributed by atoms with E-state index in [1.165, 1.54) is 11.1 Å². The molecule has 1 heterocycles. The summed E-state index contributed by atoms with van der Waals surface area (Å²) in [6.45, 7) is 6.83. The number of nitrogens with zero attached hydrogens (tertiary/aromatic N) is 1. The van der Waals surface area contributed by atoms with Gasteiger partial charge >= 0.3 is 0 Å². The summed E-state index contributed by atoms with van der Waals surface area (Å²) in [5, 5.41) is 0. The highest BCUT2D eigenvalue weighted by molar-refractivity contribution is 5.57. The maximum atomic E-state index is 14.8. The van der Waals surface area contributed by atoms with Gasteiger partial charge in [-0.3, -0.25) is 4.90 Å². The van der Waals surface area contributed by atoms with E-state index >= 15 is 0 Å². The van der Waals surface area contributed by atoms with E-state index in [4.69, 9.17) is 10.5 Å². The second kappa shape index (κ2) is 6.52. The lowest BCUT2D eigenvalue weighted by Crippen LogP contribution is -2.46. The molecule has 0 aromatic heterocycles. The van der Waals surface area contributed by atoms with Crippen molar-refractivity contribution in [2.45, 2.75) is 57.8 Å². The number of methoxy groups -OCH3 is 1. The van der Waals surface area contributed by atoms with Crippen LogP contribution in [0.2, 0.25) is 0 Å². The van der Waals surface area contributed by atoms with Crippen molar-refractivity contribution < 1.29 is 9.13 Å². The lowest BCUT2D eigenvalue weighted by molar-refractivity contribution is 0.0968. The molecule has 4 heteroatoms. The van der Waals surface area contributed by atoms with Crippen LogP contribution < -0.4 is 10.5 Å². The predicted octanol–water partition coefficient (Wildman–Crippen LogP) is 4.73. The number of fused-ring (bicyclic) bond motifs is 1. The molecule has 3 nitrogen and oxygen atoms in total. The third kappa shape index (κ3) is 3.20. The van der Waals surface area contributed by atoms with Crippen LogP contribution in [0.25, 0.3) is 0 Å². The van der Waals surface area contributed by atoms with Gasteiger partial charge in [-0.25, -0.2) is 4.39 Å². The maximum Gasteiger partial charge on any atom is 0.124 e. The number of nitrogen functional groups attached to an aromatic ring is 1. The number of nitrogens with two attached hydrogens (primary N) is 1. The molecule has 2 aliphatic rings. The minimum Gasteiger partial charge on any atom is -0.496 e. The van der Waals surface area contributed by atoms with Crippen molar-refractivity contribution in [3.63, 3.8) is 0 Å². The Morgan fingerprint density at radius 3 is 2.56 bits per heavy atom. The van der Waals surface area contributed by atoms with Gasteiger partial charge in [0, 0.05) is 23.8 Å². The van der Waals surface area contributed by atoms with Crippen molar-refractivity contribution in [2.24, 2.45) is 0 Å². The summed E-state index contributed by atoms with van der Waals surface area (Å²) < 4.78 is 20.6. The molecule has 0 bridgehead atoms. The Bertz CT molecular complexity index is 875. The van der Waals surface area contributed by atoms with Gasteiger partial charge in [0.05, 0.1) is 13.2 Å². The fourth-order valence-corrected chi connectivity index (χ4v) is 4.43. The van der Waals surface area contributed by atoms with Crippen LogP contribution in [0, 0.1) is 13.8 Å². The molecule has 2 aromatic carbocycles. The summed E-state index contributed by atoms with van der Waals surface area (Å²) in [6.07, 6.45) is 2.23. The monoisotopic (exact) mass is 368 g/mol. The van der Waals surface area contributed by atoms with Crippen molar-refractivity contribution in [3.8, 4) is 5.75 Å². The molecule has 1 aliphatic carbocycles. The first-order chi connectivity index (χ1) is 12.8. The number of hydrogen-bond acceptors (Lipinski definition) is 3. The summed E-state index contributed by atoms with van der Waals surface area (Å²) in [5.74, 6) is 0.864. The number of benzene rings is 2. The smallest absolute Gasteiger partial charge is 0.124 e. The summed E-state index contributed by atoms with van der Waals surface area (Å²) >= 11 is 0. The van der Waals surface area contributed by atoms with Crippen LogP contribution in [0.15, 0.2) is 30.3 Å². The Morgan fingerprint density at radius 2 is 1.89 bits per heavy atom. The summed E-state index contributed by atoms with van der Waals surface area (Å²) in [7, 11) is 1.71. The molecule has 1 fully saturated rings. The molecule has 0 unspecified atom stereocenters. The molecule has 0 saturated heterocycles. The van der Waals surface area contributed by atoms with Crippen LogP contribution in [0.1, 0.15) is 53.6 Å². The van der Waals surface area contributed by atoms with Gasteiger partial charge in [-0.2, -0.15) is 0 Å². The van der Waals surface area contributed by atoms with Crippen LogP contribution in [-0.4, -0.2) is 30.3 Å². The van der Waals surface area contributed by atoms with E-state index in [-0.39, 0.29) is 12.1 Å². The van der Waals surface area contributed by atoms with E-state index in [1.807, 2.05) is 6.07 Å². The van der Waals surface area contributed by atoms with Crippen molar-refractivity contribution in [3.05, 3.63) is 58.1 Å². The second-order valence-corrected chi connectivity index (χ2v) is 8.37. The molecular formula is C23H29FN2O.